The van der Waals surface area contributed by atoms with Crippen LogP contribution in [-0.4, -0.2) is 37.8 Å². The fourth-order valence-electron chi connectivity index (χ4n) is 3.28. The van der Waals surface area contributed by atoms with Crippen molar-refractivity contribution >= 4 is 32.4 Å². The lowest BCUT2D eigenvalue weighted by atomic mass is 10.1. The number of hydrogen-bond donors (Lipinski definition) is 2. The van der Waals surface area contributed by atoms with Gasteiger partial charge in [-0.15, -0.1) is 0 Å². The molecule has 3 rings (SSSR count). The van der Waals surface area contributed by atoms with Crippen LogP contribution in [0.3, 0.4) is 0 Å². The number of carbonyl (C=O) groups is 1. The fraction of sp³-hybridized carbons (Fsp3) is 0.353. The van der Waals surface area contributed by atoms with E-state index >= 15 is 0 Å². The highest BCUT2D eigenvalue weighted by atomic mass is 32.2. The van der Waals surface area contributed by atoms with Crippen LogP contribution >= 0.6 is 0 Å². The van der Waals surface area contributed by atoms with Gasteiger partial charge in [-0.3, -0.25) is 4.79 Å². The Morgan fingerprint density at radius 1 is 1.25 bits per heavy atom. The molecule has 7 heteroatoms. The number of anilines is 1. The summed E-state index contributed by atoms with van der Waals surface area (Å²) >= 11 is 0. The Morgan fingerprint density at radius 3 is 2.62 bits per heavy atom. The third-order valence-corrected chi connectivity index (χ3v) is 6.39. The first kappa shape index (κ1) is 16.9. The van der Waals surface area contributed by atoms with Crippen LogP contribution in [0.4, 0.5) is 5.69 Å². The maximum Gasteiger partial charge on any atom is 0.243 e. The van der Waals surface area contributed by atoms with Crippen LogP contribution in [0.25, 0.3) is 10.8 Å². The Labute approximate surface area is 141 Å². The molecule has 1 saturated heterocycles. The smallest absolute Gasteiger partial charge is 0.243 e. The van der Waals surface area contributed by atoms with E-state index in [4.69, 9.17) is 5.73 Å². The zero-order chi connectivity index (χ0) is 17.3. The summed E-state index contributed by atoms with van der Waals surface area (Å²) in [4.78, 5) is 11.6. The molecule has 0 spiro atoms. The van der Waals surface area contributed by atoms with Crippen molar-refractivity contribution < 1.29 is 13.2 Å². The molecule has 2 aromatic rings. The minimum absolute atomic E-state index is 0.149. The standard InChI is InChI=1S/C17H21N3O3S/c1-12(21)19-16-8-9-17(15-7-3-2-6-14(15)16)24(22,23)20-10-4-5-13(20)11-18/h2-3,6-9,13H,4-5,10-11,18H2,1H3,(H,19,21). The van der Waals surface area contributed by atoms with E-state index in [0.29, 0.717) is 29.5 Å². The van der Waals surface area contributed by atoms with Crippen LogP contribution in [0, 0.1) is 0 Å². The Hall–Kier alpha value is -1.96. The molecule has 1 heterocycles. The van der Waals surface area contributed by atoms with Crippen molar-refractivity contribution in [3.8, 4) is 0 Å². The number of hydrogen-bond acceptors (Lipinski definition) is 4. The first-order chi connectivity index (χ1) is 11.4. The monoisotopic (exact) mass is 347 g/mol. The maximum atomic E-state index is 13.1. The topological polar surface area (TPSA) is 92.5 Å². The van der Waals surface area contributed by atoms with Crippen LogP contribution < -0.4 is 11.1 Å². The number of sulfonamides is 1. The lowest BCUT2D eigenvalue weighted by Crippen LogP contribution is -2.39. The van der Waals surface area contributed by atoms with Crippen molar-refractivity contribution in [2.45, 2.75) is 30.7 Å². The highest BCUT2D eigenvalue weighted by molar-refractivity contribution is 7.89. The quantitative estimate of drug-likeness (QED) is 0.883. The van der Waals surface area contributed by atoms with Crippen LogP contribution in [0.5, 0.6) is 0 Å². The number of amides is 1. The maximum absolute atomic E-state index is 13.1. The molecule has 1 amide bonds. The van der Waals surface area contributed by atoms with Gasteiger partial charge in [-0.05, 0) is 25.0 Å². The lowest BCUT2D eigenvalue weighted by Gasteiger charge is -2.24. The van der Waals surface area contributed by atoms with Gasteiger partial charge in [-0.2, -0.15) is 4.31 Å². The van der Waals surface area contributed by atoms with Crippen molar-refractivity contribution in [1.29, 1.82) is 0 Å². The second-order valence-corrected chi connectivity index (χ2v) is 7.84. The average Bonchev–Trinajstić information content (AvgIpc) is 3.04. The summed E-state index contributed by atoms with van der Waals surface area (Å²) in [5.74, 6) is -0.196. The van der Waals surface area contributed by atoms with Gasteiger partial charge in [0.05, 0.1) is 4.90 Å². The summed E-state index contributed by atoms with van der Waals surface area (Å²) in [7, 11) is -3.63. The molecule has 0 radical (unpaired) electrons. The highest BCUT2D eigenvalue weighted by Crippen LogP contribution is 2.33. The molecule has 0 bridgehead atoms. The number of carbonyl (C=O) groups excluding carboxylic acids is 1. The van der Waals surface area contributed by atoms with Gasteiger partial charge >= 0.3 is 0 Å². The highest BCUT2D eigenvalue weighted by Gasteiger charge is 2.35. The van der Waals surface area contributed by atoms with Gasteiger partial charge in [-0.1, -0.05) is 24.3 Å². The van der Waals surface area contributed by atoms with E-state index in [1.54, 1.807) is 24.3 Å². The Bertz CT molecular complexity index is 880. The molecule has 0 saturated carbocycles. The summed E-state index contributed by atoms with van der Waals surface area (Å²) in [6.45, 7) is 2.24. The molecule has 1 aliphatic heterocycles. The number of nitrogens with zero attached hydrogens (tertiary/aromatic N) is 1. The Morgan fingerprint density at radius 2 is 1.96 bits per heavy atom. The van der Waals surface area contributed by atoms with Crippen LogP contribution in [-0.2, 0) is 14.8 Å². The SMILES string of the molecule is CC(=O)Nc1ccc(S(=O)(=O)N2CCCC2CN)c2ccccc12. The molecule has 24 heavy (non-hydrogen) atoms. The molecule has 1 atom stereocenters. The number of rotatable bonds is 4. The molecule has 1 aliphatic rings. The molecular weight excluding hydrogens is 326 g/mol. The largest absolute Gasteiger partial charge is 0.329 e. The molecule has 0 aliphatic carbocycles. The first-order valence-corrected chi connectivity index (χ1v) is 9.40. The molecule has 6 nitrogen and oxygen atoms in total. The van der Waals surface area contributed by atoms with E-state index in [9.17, 15) is 13.2 Å². The van der Waals surface area contributed by atoms with Gasteiger partial charge < -0.3 is 11.1 Å². The van der Waals surface area contributed by atoms with E-state index in [-0.39, 0.29) is 16.8 Å². The lowest BCUT2D eigenvalue weighted by molar-refractivity contribution is -0.114. The van der Waals surface area contributed by atoms with E-state index in [0.717, 1.165) is 12.8 Å². The summed E-state index contributed by atoms with van der Waals surface area (Å²) in [6, 6.07) is 10.2. The normalized spacial score (nSPS) is 18.8. The number of nitrogens with one attached hydrogen (secondary N) is 1. The Kier molecular flexibility index (Phi) is 4.58. The van der Waals surface area contributed by atoms with Crippen LogP contribution in [0.1, 0.15) is 19.8 Å². The molecule has 3 N–H and O–H groups in total. The number of benzene rings is 2. The molecule has 1 fully saturated rings. The van der Waals surface area contributed by atoms with Crippen molar-refractivity contribution in [2.75, 3.05) is 18.4 Å². The molecular formula is C17H21N3O3S. The van der Waals surface area contributed by atoms with Gasteiger partial charge in [0.2, 0.25) is 15.9 Å². The summed E-state index contributed by atoms with van der Waals surface area (Å²) < 4.78 is 27.8. The molecule has 0 aromatic heterocycles. The third-order valence-electron chi connectivity index (χ3n) is 4.38. The van der Waals surface area contributed by atoms with Crippen molar-refractivity contribution in [3.63, 3.8) is 0 Å². The van der Waals surface area contributed by atoms with Crippen molar-refractivity contribution in [2.24, 2.45) is 5.73 Å². The van der Waals surface area contributed by atoms with Crippen LogP contribution in [0.15, 0.2) is 41.3 Å². The molecule has 2 aromatic carbocycles. The fourth-order valence-corrected chi connectivity index (χ4v) is 5.18. The van der Waals surface area contributed by atoms with Gasteiger partial charge in [0.15, 0.2) is 0 Å². The van der Waals surface area contributed by atoms with Gasteiger partial charge in [0.25, 0.3) is 0 Å². The zero-order valence-electron chi connectivity index (χ0n) is 13.5. The summed E-state index contributed by atoms with van der Waals surface area (Å²) in [5.41, 5.74) is 6.34. The minimum atomic E-state index is -3.63. The van der Waals surface area contributed by atoms with Crippen molar-refractivity contribution in [3.05, 3.63) is 36.4 Å². The second kappa shape index (κ2) is 6.51. The minimum Gasteiger partial charge on any atom is -0.329 e. The van der Waals surface area contributed by atoms with E-state index in [1.807, 2.05) is 12.1 Å². The van der Waals surface area contributed by atoms with Gasteiger partial charge in [0.1, 0.15) is 0 Å². The van der Waals surface area contributed by atoms with E-state index < -0.39 is 10.0 Å². The first-order valence-electron chi connectivity index (χ1n) is 7.96. The van der Waals surface area contributed by atoms with Crippen molar-refractivity contribution in [1.82, 2.24) is 4.31 Å². The third kappa shape index (κ3) is 2.90. The van der Waals surface area contributed by atoms with Crippen LogP contribution in [0.2, 0.25) is 0 Å². The average molecular weight is 347 g/mol. The predicted molar refractivity (Wildman–Crippen MR) is 94.2 cm³/mol. The van der Waals surface area contributed by atoms with Gasteiger partial charge in [0, 0.05) is 42.5 Å². The molecule has 1 unspecified atom stereocenters. The number of fused-ring (bicyclic) bond motifs is 1. The summed E-state index contributed by atoms with van der Waals surface area (Å²) in [5, 5.41) is 4.06. The van der Waals surface area contributed by atoms with E-state index in [2.05, 4.69) is 5.32 Å². The summed E-state index contributed by atoms with van der Waals surface area (Å²) in [6.07, 6.45) is 1.61. The number of nitrogens with two attached hydrogens (primary N) is 1. The molecule has 128 valence electrons. The Balaban J connectivity index is 2.15. The zero-order valence-corrected chi connectivity index (χ0v) is 14.3. The van der Waals surface area contributed by atoms with Gasteiger partial charge in [-0.25, -0.2) is 8.42 Å². The predicted octanol–water partition coefficient (Wildman–Crippen LogP) is 1.91. The second-order valence-electron chi connectivity index (χ2n) is 5.99. The van der Waals surface area contributed by atoms with E-state index in [1.165, 1.54) is 11.2 Å².